The maximum atomic E-state index is 14.3. The summed E-state index contributed by atoms with van der Waals surface area (Å²) < 4.78 is 57.6. The van der Waals surface area contributed by atoms with E-state index in [1.54, 1.807) is 33.1 Å². The van der Waals surface area contributed by atoms with Crippen LogP contribution in [0.3, 0.4) is 0 Å². The number of hydrogen-bond donors (Lipinski definition) is 2. The first-order chi connectivity index (χ1) is 16.2. The lowest BCUT2D eigenvalue weighted by molar-refractivity contribution is -0.160. The van der Waals surface area contributed by atoms with Crippen molar-refractivity contribution in [3.05, 3.63) is 70.4 Å². The quantitative estimate of drug-likeness (QED) is 0.516. The summed E-state index contributed by atoms with van der Waals surface area (Å²) in [7, 11) is 0. The number of nitriles is 1. The van der Waals surface area contributed by atoms with Gasteiger partial charge in [-0.15, -0.1) is 0 Å². The lowest BCUT2D eigenvalue weighted by Crippen LogP contribution is -2.48. The van der Waals surface area contributed by atoms with Crippen LogP contribution < -0.4 is 10.5 Å². The van der Waals surface area contributed by atoms with Crippen molar-refractivity contribution in [2.24, 2.45) is 5.14 Å². The van der Waals surface area contributed by atoms with E-state index < -0.39 is 29.4 Å². The van der Waals surface area contributed by atoms with E-state index >= 15 is 0 Å². The van der Waals surface area contributed by atoms with Crippen molar-refractivity contribution in [2.75, 3.05) is 13.1 Å². The largest absolute Gasteiger partial charge is 0.407 e. The molecule has 180 valence electrons. The Morgan fingerprint density at radius 1 is 1.21 bits per heavy atom. The van der Waals surface area contributed by atoms with Gasteiger partial charge in [-0.05, 0) is 42.7 Å². The molecule has 0 spiro atoms. The molecule has 2 heterocycles. The molecule has 1 aliphatic heterocycles. The van der Waals surface area contributed by atoms with Crippen LogP contribution in [-0.2, 0) is 17.7 Å². The number of fused-ring (bicyclic) bond motifs is 1. The summed E-state index contributed by atoms with van der Waals surface area (Å²) in [4.78, 5) is 0. The molecule has 11 heteroatoms. The third-order valence-electron chi connectivity index (χ3n) is 6.06. The molecular weight excluding hydrogens is 487 g/mol. The van der Waals surface area contributed by atoms with Crippen molar-refractivity contribution < 1.29 is 17.4 Å². The van der Waals surface area contributed by atoms with E-state index in [1.807, 2.05) is 12.1 Å². The van der Waals surface area contributed by atoms with Crippen LogP contribution in [0.25, 0.3) is 10.9 Å². The zero-order chi connectivity index (χ0) is 24.5. The van der Waals surface area contributed by atoms with Crippen molar-refractivity contribution in [1.82, 2.24) is 14.2 Å². The summed E-state index contributed by atoms with van der Waals surface area (Å²) in [6.45, 7) is 1.04. The van der Waals surface area contributed by atoms with Crippen LogP contribution in [0.5, 0.6) is 0 Å². The van der Waals surface area contributed by atoms with E-state index in [1.165, 1.54) is 12.3 Å². The van der Waals surface area contributed by atoms with Gasteiger partial charge in [0.25, 0.3) is 0 Å². The third kappa shape index (κ3) is 5.45. The normalized spacial score (nSPS) is 17.5. The first-order valence-corrected chi connectivity index (χ1v) is 12.2. The predicted octanol–water partition coefficient (Wildman–Crippen LogP) is 4.41. The minimum atomic E-state index is -4.54. The second-order valence-corrected chi connectivity index (χ2v) is 9.81. The molecule has 2 atom stereocenters. The number of nitrogens with one attached hydrogen (secondary N) is 1. The predicted molar refractivity (Wildman–Crippen MR) is 126 cm³/mol. The number of nitrogens with two attached hydrogens (primary N) is 1. The van der Waals surface area contributed by atoms with Crippen molar-refractivity contribution in [3.63, 3.8) is 0 Å². The molecule has 34 heavy (non-hydrogen) atoms. The molecule has 0 amide bonds. The molecule has 0 radical (unpaired) electrons. The highest BCUT2D eigenvalue weighted by atomic mass is 35.5. The highest BCUT2D eigenvalue weighted by molar-refractivity contribution is 7.80. The number of piperidine rings is 1. The van der Waals surface area contributed by atoms with Gasteiger partial charge in [0.2, 0.25) is 0 Å². The number of halogens is 4. The number of benzene rings is 2. The van der Waals surface area contributed by atoms with Crippen LogP contribution in [0.1, 0.15) is 35.6 Å². The van der Waals surface area contributed by atoms with E-state index in [-0.39, 0.29) is 5.56 Å². The van der Waals surface area contributed by atoms with Gasteiger partial charge in [0.05, 0.1) is 11.6 Å². The Labute approximate surface area is 202 Å². The molecule has 1 aliphatic rings. The summed E-state index contributed by atoms with van der Waals surface area (Å²) in [5.74, 6) is 0. The molecule has 3 aromatic rings. The summed E-state index contributed by atoms with van der Waals surface area (Å²) >= 11 is 4.33. The minimum Gasteiger partial charge on any atom is -0.343 e. The summed E-state index contributed by atoms with van der Waals surface area (Å²) in [5, 5.41) is 18.5. The van der Waals surface area contributed by atoms with Gasteiger partial charge in [-0.2, -0.15) is 18.4 Å². The fourth-order valence-corrected chi connectivity index (χ4v) is 5.03. The van der Waals surface area contributed by atoms with Gasteiger partial charge >= 0.3 is 6.18 Å². The number of nitrogens with zero attached hydrogens (tertiary/aromatic N) is 3. The topological polar surface area (TPSA) is 87.1 Å². The second-order valence-electron chi connectivity index (χ2n) is 8.30. The van der Waals surface area contributed by atoms with Crippen molar-refractivity contribution in [2.45, 2.75) is 37.6 Å². The molecule has 1 fully saturated rings. The summed E-state index contributed by atoms with van der Waals surface area (Å²) in [5.41, 5.74) is 1.89. The second kappa shape index (κ2) is 10.1. The van der Waals surface area contributed by atoms with E-state index in [0.717, 1.165) is 5.56 Å². The van der Waals surface area contributed by atoms with Crippen molar-refractivity contribution >= 4 is 33.7 Å². The third-order valence-corrected chi connectivity index (χ3v) is 7.18. The Balaban J connectivity index is 1.70. The lowest BCUT2D eigenvalue weighted by atomic mass is 10.00. The van der Waals surface area contributed by atoms with Crippen LogP contribution in [-0.4, -0.2) is 38.4 Å². The SMILES string of the molecule is N#Cc1ccc2c(C(NC3CCN(S(N)=O)CC3)C(F)(F)F)cn(Cc3ccc(Cl)cc3)c2c1. The van der Waals surface area contributed by atoms with Crippen LogP contribution in [0.2, 0.25) is 5.02 Å². The lowest BCUT2D eigenvalue weighted by Gasteiger charge is -2.33. The van der Waals surface area contributed by atoms with Crippen LogP contribution in [0.4, 0.5) is 13.2 Å². The minimum absolute atomic E-state index is 0.103. The smallest absolute Gasteiger partial charge is 0.343 e. The molecule has 1 saturated heterocycles. The molecule has 0 aliphatic carbocycles. The summed E-state index contributed by atoms with van der Waals surface area (Å²) in [6, 6.07) is 11.6. The Kier molecular flexibility index (Phi) is 7.31. The number of rotatable bonds is 6. The molecule has 0 saturated carbocycles. The maximum Gasteiger partial charge on any atom is 0.407 e. The number of aromatic nitrogens is 1. The Hall–Kier alpha value is -2.42. The van der Waals surface area contributed by atoms with Gasteiger partial charge in [-0.25, -0.2) is 13.7 Å². The Bertz CT molecular complexity index is 1230. The molecule has 1 aromatic heterocycles. The highest BCUT2D eigenvalue weighted by Gasteiger charge is 2.43. The monoisotopic (exact) mass is 509 g/mol. The van der Waals surface area contributed by atoms with Gasteiger partial charge in [0, 0.05) is 53.4 Å². The average Bonchev–Trinajstić information content (AvgIpc) is 3.15. The van der Waals surface area contributed by atoms with Crippen molar-refractivity contribution in [3.8, 4) is 6.07 Å². The fraction of sp³-hybridized carbons (Fsp3) is 0.348. The molecule has 0 bridgehead atoms. The van der Waals surface area contributed by atoms with Gasteiger partial charge in [-0.1, -0.05) is 29.8 Å². The maximum absolute atomic E-state index is 14.3. The molecule has 2 aromatic carbocycles. The molecule has 6 nitrogen and oxygen atoms in total. The fourth-order valence-electron chi connectivity index (χ4n) is 4.34. The highest BCUT2D eigenvalue weighted by Crippen LogP contribution is 2.38. The van der Waals surface area contributed by atoms with E-state index in [0.29, 0.717) is 54.0 Å². The standard InChI is InChI=1S/C23H23ClF3N5OS/c24-17-4-1-15(2-5-17)13-31-14-20(19-6-3-16(12-28)11-21(19)31)22(23(25,26)27)30-18-7-9-32(10-8-18)34(29)33/h1-6,11,14,18,22,30H,7-10,13,29H2. The van der Waals surface area contributed by atoms with Crippen molar-refractivity contribution in [1.29, 1.82) is 5.26 Å². The molecule has 3 N–H and O–H groups in total. The van der Waals surface area contributed by atoms with Crippen LogP contribution in [0.15, 0.2) is 48.7 Å². The zero-order valence-corrected chi connectivity index (χ0v) is 19.6. The summed E-state index contributed by atoms with van der Waals surface area (Å²) in [6.07, 6.45) is -2.23. The number of alkyl halides is 3. The van der Waals surface area contributed by atoms with E-state index in [4.69, 9.17) is 16.7 Å². The van der Waals surface area contributed by atoms with Gasteiger partial charge in [-0.3, -0.25) is 5.32 Å². The molecular formula is C23H23ClF3N5OS. The van der Waals surface area contributed by atoms with E-state index in [9.17, 15) is 22.6 Å². The number of hydrogen-bond acceptors (Lipinski definition) is 3. The average molecular weight is 510 g/mol. The Morgan fingerprint density at radius 2 is 1.88 bits per heavy atom. The van der Waals surface area contributed by atoms with Gasteiger partial charge in [0.1, 0.15) is 6.04 Å². The van der Waals surface area contributed by atoms with Crippen LogP contribution in [0, 0.1) is 11.3 Å². The van der Waals surface area contributed by atoms with E-state index in [2.05, 4.69) is 11.4 Å². The first-order valence-electron chi connectivity index (χ1n) is 10.7. The van der Waals surface area contributed by atoms with Gasteiger partial charge in [0.15, 0.2) is 11.2 Å². The molecule has 2 unspecified atom stereocenters. The zero-order valence-electron chi connectivity index (χ0n) is 18.1. The Morgan fingerprint density at radius 3 is 2.47 bits per heavy atom. The first kappa shape index (κ1) is 24.7. The van der Waals surface area contributed by atoms with Gasteiger partial charge < -0.3 is 4.57 Å². The molecule has 4 rings (SSSR count). The van der Waals surface area contributed by atoms with Crippen LogP contribution >= 0.6 is 11.6 Å².